The number of carboxylic acids is 1. The van der Waals surface area contributed by atoms with Crippen LogP contribution in [0.1, 0.15) is 50.3 Å². The molecule has 0 aliphatic heterocycles. The lowest BCUT2D eigenvalue weighted by atomic mass is 9.66. The molecule has 1 aliphatic carbocycles. The number of nitriles is 1. The van der Waals surface area contributed by atoms with Crippen molar-refractivity contribution in [3.05, 3.63) is 59.7 Å². The molecule has 6 nitrogen and oxygen atoms in total. The third-order valence-electron chi connectivity index (χ3n) is 6.74. The van der Waals surface area contributed by atoms with Gasteiger partial charge in [0.15, 0.2) is 0 Å². The minimum atomic E-state index is -2.26. The van der Waals surface area contributed by atoms with E-state index in [0.29, 0.717) is 5.69 Å². The summed E-state index contributed by atoms with van der Waals surface area (Å²) < 4.78 is 30.5. The van der Waals surface area contributed by atoms with Crippen molar-refractivity contribution in [2.75, 3.05) is 0 Å². The van der Waals surface area contributed by atoms with E-state index in [1.807, 2.05) is 30.5 Å². The number of nitrogens with one attached hydrogen (secondary N) is 1. The maximum absolute atomic E-state index is 14.8. The van der Waals surface area contributed by atoms with Gasteiger partial charge >= 0.3 is 5.97 Å². The molecule has 0 amide bonds. The van der Waals surface area contributed by atoms with Gasteiger partial charge in [0.05, 0.1) is 23.3 Å². The zero-order valence-corrected chi connectivity index (χ0v) is 18.2. The second-order valence-electron chi connectivity index (χ2n) is 9.50. The summed E-state index contributed by atoms with van der Waals surface area (Å²) in [4.78, 5) is 11.5. The standard InChI is InChI=1S/C25H22F2N4O2/c1-24(2,7-8-28)22-21(15-11-25(27,12-15)23(32)33)18-10-19-14(13-29-30-19)9-20(18)31(22)17-5-3-16(26)4-6-17/h3-6,9-10,13,15H,7,11-12H2,1-2H3,(H,29,30)(H,32,33). The van der Waals surface area contributed by atoms with Crippen LogP contribution in [0.2, 0.25) is 0 Å². The fourth-order valence-electron chi connectivity index (χ4n) is 5.07. The Morgan fingerprint density at radius 3 is 2.67 bits per heavy atom. The lowest BCUT2D eigenvalue weighted by molar-refractivity contribution is -0.158. The first-order valence-corrected chi connectivity index (χ1v) is 10.7. The number of carboxylic acid groups (broad SMARTS) is 1. The van der Waals surface area contributed by atoms with Crippen LogP contribution >= 0.6 is 0 Å². The Hall–Kier alpha value is -3.73. The van der Waals surface area contributed by atoms with E-state index in [4.69, 9.17) is 0 Å². The number of benzene rings is 2. The van der Waals surface area contributed by atoms with Crippen molar-refractivity contribution in [2.45, 2.75) is 50.1 Å². The van der Waals surface area contributed by atoms with Gasteiger partial charge in [0.25, 0.3) is 0 Å². The van der Waals surface area contributed by atoms with Crippen molar-refractivity contribution in [1.82, 2.24) is 14.8 Å². The van der Waals surface area contributed by atoms with E-state index in [-0.39, 0.29) is 31.0 Å². The normalized spacial score (nSPS) is 20.6. The van der Waals surface area contributed by atoms with Crippen LogP contribution in [0.3, 0.4) is 0 Å². The predicted octanol–water partition coefficient (Wildman–Crippen LogP) is 5.51. The van der Waals surface area contributed by atoms with Crippen LogP contribution < -0.4 is 0 Å². The fourth-order valence-corrected chi connectivity index (χ4v) is 5.07. The molecule has 2 aromatic heterocycles. The highest BCUT2D eigenvalue weighted by molar-refractivity contribution is 5.99. The Morgan fingerprint density at radius 2 is 2.03 bits per heavy atom. The molecule has 2 aromatic carbocycles. The molecule has 0 atom stereocenters. The molecule has 2 heterocycles. The number of halogens is 2. The Labute approximate surface area is 188 Å². The summed E-state index contributed by atoms with van der Waals surface area (Å²) in [5.74, 6) is -2.15. The maximum Gasteiger partial charge on any atom is 0.341 e. The first-order valence-electron chi connectivity index (χ1n) is 10.7. The molecule has 1 aliphatic rings. The zero-order valence-electron chi connectivity index (χ0n) is 18.2. The minimum Gasteiger partial charge on any atom is -0.479 e. The second kappa shape index (κ2) is 7.14. The van der Waals surface area contributed by atoms with E-state index in [1.165, 1.54) is 12.1 Å². The molecule has 1 saturated carbocycles. The number of aromatic nitrogens is 3. The van der Waals surface area contributed by atoms with Gasteiger partial charge in [-0.05, 0) is 60.7 Å². The molecule has 0 saturated heterocycles. The second-order valence-corrected chi connectivity index (χ2v) is 9.50. The number of fused-ring (bicyclic) bond motifs is 2. The van der Waals surface area contributed by atoms with E-state index in [2.05, 4.69) is 16.3 Å². The molecule has 8 heteroatoms. The van der Waals surface area contributed by atoms with Gasteiger partial charge in [-0.15, -0.1) is 0 Å². The van der Waals surface area contributed by atoms with Gasteiger partial charge in [-0.2, -0.15) is 10.4 Å². The van der Waals surface area contributed by atoms with Gasteiger partial charge in [0, 0.05) is 34.0 Å². The van der Waals surface area contributed by atoms with Gasteiger partial charge in [-0.3, -0.25) is 5.10 Å². The summed E-state index contributed by atoms with van der Waals surface area (Å²) in [6.07, 6.45) is 1.63. The topological polar surface area (TPSA) is 94.7 Å². The van der Waals surface area contributed by atoms with E-state index < -0.39 is 17.1 Å². The first kappa shape index (κ1) is 21.1. The Bertz CT molecular complexity index is 1440. The fraction of sp³-hybridized carbons (Fsp3) is 0.320. The molecule has 4 aromatic rings. The van der Waals surface area contributed by atoms with Gasteiger partial charge in [0.2, 0.25) is 5.67 Å². The number of aromatic amines is 1. The highest BCUT2D eigenvalue weighted by Crippen LogP contribution is 2.53. The summed E-state index contributed by atoms with van der Waals surface area (Å²) in [6.45, 7) is 3.89. The molecule has 2 N–H and O–H groups in total. The highest BCUT2D eigenvalue weighted by atomic mass is 19.1. The van der Waals surface area contributed by atoms with E-state index in [1.54, 1.807) is 18.3 Å². The number of rotatable bonds is 5. The number of hydrogen-bond donors (Lipinski definition) is 2. The molecule has 0 spiro atoms. The van der Waals surface area contributed by atoms with Gasteiger partial charge in [-0.25, -0.2) is 13.6 Å². The third-order valence-corrected chi connectivity index (χ3v) is 6.74. The molecule has 1 fully saturated rings. The Kier molecular flexibility index (Phi) is 4.57. The van der Waals surface area contributed by atoms with Crippen LogP contribution in [0.25, 0.3) is 27.5 Å². The first-order chi connectivity index (χ1) is 15.6. The molecule has 168 valence electrons. The van der Waals surface area contributed by atoms with E-state index in [9.17, 15) is 23.9 Å². The molecule has 0 unspecified atom stereocenters. The van der Waals surface area contributed by atoms with Crippen LogP contribution in [0.4, 0.5) is 8.78 Å². The van der Waals surface area contributed by atoms with Crippen molar-refractivity contribution < 1.29 is 18.7 Å². The molecular formula is C25H22F2N4O2. The lowest BCUT2D eigenvalue weighted by Crippen LogP contribution is -2.46. The molecule has 5 rings (SSSR count). The highest BCUT2D eigenvalue weighted by Gasteiger charge is 2.53. The van der Waals surface area contributed by atoms with Gasteiger partial charge in [0.1, 0.15) is 5.82 Å². The van der Waals surface area contributed by atoms with Crippen LogP contribution in [0, 0.1) is 17.1 Å². The SMILES string of the molecule is CC(C)(CC#N)c1c(C2CC(F)(C(=O)O)C2)c2cc3[nH]ncc3cc2n1-c1ccc(F)cc1. The molecule has 0 bridgehead atoms. The van der Waals surface area contributed by atoms with E-state index >= 15 is 0 Å². The largest absolute Gasteiger partial charge is 0.479 e. The van der Waals surface area contributed by atoms with Crippen LogP contribution in [0.5, 0.6) is 0 Å². The Balaban J connectivity index is 1.86. The number of nitrogens with zero attached hydrogens (tertiary/aromatic N) is 3. The van der Waals surface area contributed by atoms with Gasteiger partial charge < -0.3 is 9.67 Å². The van der Waals surface area contributed by atoms with E-state index in [0.717, 1.165) is 33.1 Å². The summed E-state index contributed by atoms with van der Waals surface area (Å²) in [5.41, 5.74) is 1.07. The maximum atomic E-state index is 14.8. The van der Waals surface area contributed by atoms with Crippen molar-refractivity contribution in [1.29, 1.82) is 5.26 Å². The van der Waals surface area contributed by atoms with Crippen molar-refractivity contribution >= 4 is 27.8 Å². The average Bonchev–Trinajstić information content (AvgIpc) is 3.32. The lowest BCUT2D eigenvalue weighted by Gasteiger charge is -2.40. The van der Waals surface area contributed by atoms with Crippen LogP contribution in [-0.2, 0) is 10.2 Å². The van der Waals surface area contributed by atoms with Crippen LogP contribution in [-0.4, -0.2) is 31.5 Å². The summed E-state index contributed by atoms with van der Waals surface area (Å²) >= 11 is 0. The molecule has 0 radical (unpaired) electrons. The predicted molar refractivity (Wildman–Crippen MR) is 120 cm³/mol. The van der Waals surface area contributed by atoms with Crippen molar-refractivity contribution in [2.24, 2.45) is 0 Å². The average molecular weight is 448 g/mol. The van der Waals surface area contributed by atoms with Crippen molar-refractivity contribution in [3.63, 3.8) is 0 Å². The number of carbonyl (C=O) groups is 1. The molecule has 33 heavy (non-hydrogen) atoms. The smallest absolute Gasteiger partial charge is 0.341 e. The summed E-state index contributed by atoms with van der Waals surface area (Å²) in [6, 6.07) is 12.2. The summed E-state index contributed by atoms with van der Waals surface area (Å²) in [7, 11) is 0. The number of hydrogen-bond acceptors (Lipinski definition) is 3. The molecular weight excluding hydrogens is 426 g/mol. The minimum absolute atomic E-state index is 0.137. The van der Waals surface area contributed by atoms with Crippen molar-refractivity contribution in [3.8, 4) is 11.8 Å². The Morgan fingerprint density at radius 1 is 1.33 bits per heavy atom. The number of H-pyrrole nitrogens is 1. The monoisotopic (exact) mass is 448 g/mol. The summed E-state index contributed by atoms with van der Waals surface area (Å²) in [5, 5.41) is 27.7. The van der Waals surface area contributed by atoms with Crippen LogP contribution in [0.15, 0.2) is 42.6 Å². The number of aliphatic carboxylic acids is 1. The third kappa shape index (κ3) is 3.18. The van der Waals surface area contributed by atoms with Gasteiger partial charge in [-0.1, -0.05) is 13.8 Å². The zero-order chi connectivity index (χ0) is 23.5. The quantitative estimate of drug-likeness (QED) is 0.421. The number of alkyl halides is 1.